The first-order valence-electron chi connectivity index (χ1n) is 10.4. The number of fused-ring (bicyclic) bond motifs is 2. The third kappa shape index (κ3) is 3.33. The topological polar surface area (TPSA) is 84.4 Å². The van der Waals surface area contributed by atoms with Crippen LogP contribution in [0.2, 0.25) is 0 Å². The molecule has 1 aliphatic rings. The summed E-state index contributed by atoms with van der Waals surface area (Å²) in [6.45, 7) is 2.12. The van der Waals surface area contributed by atoms with E-state index in [1.54, 1.807) is 0 Å². The first-order valence-corrected chi connectivity index (χ1v) is 10.4. The molecule has 4 aromatic heterocycles. The molecule has 8 nitrogen and oxygen atoms in total. The van der Waals surface area contributed by atoms with Crippen LogP contribution in [0.1, 0.15) is 38.3 Å². The summed E-state index contributed by atoms with van der Waals surface area (Å²) < 4.78 is 3.94. The van der Waals surface area contributed by atoms with E-state index < -0.39 is 0 Å². The molecule has 1 fully saturated rings. The molecule has 5 rings (SSSR count). The molecule has 0 radical (unpaired) electrons. The minimum absolute atomic E-state index is 0.437. The van der Waals surface area contributed by atoms with Crippen molar-refractivity contribution >= 4 is 17.2 Å². The quantitative estimate of drug-likeness (QED) is 0.545. The minimum atomic E-state index is 0.437. The standard InChI is InChI=1S/C21H26N8/c1-3-17-11-25-21-24-10-14(13-28(17)21)18-8-9-29-19(18)12-23-20(27-29)26-16-6-4-15(22-2)5-7-16/h8-13,15-16,22H,3-7H2,1-2H3,(H,26,27)/t15-,16-. The van der Waals surface area contributed by atoms with Crippen molar-refractivity contribution in [2.45, 2.75) is 51.1 Å². The second-order valence-electron chi connectivity index (χ2n) is 7.74. The number of nitrogens with zero attached hydrogens (tertiary/aromatic N) is 6. The highest BCUT2D eigenvalue weighted by atomic mass is 15.3. The Hall–Kier alpha value is -3.00. The normalized spacial score (nSPS) is 19.8. The van der Waals surface area contributed by atoms with Crippen molar-refractivity contribution in [3.63, 3.8) is 0 Å². The van der Waals surface area contributed by atoms with Crippen molar-refractivity contribution in [2.24, 2.45) is 0 Å². The molecule has 0 atom stereocenters. The van der Waals surface area contributed by atoms with E-state index in [0.717, 1.165) is 47.4 Å². The second kappa shape index (κ2) is 7.44. The predicted octanol–water partition coefficient (Wildman–Crippen LogP) is 2.94. The number of aryl methyl sites for hydroxylation is 1. The summed E-state index contributed by atoms with van der Waals surface area (Å²) in [6, 6.07) is 3.14. The molecule has 0 bridgehead atoms. The van der Waals surface area contributed by atoms with E-state index in [4.69, 9.17) is 0 Å². The molecule has 4 aromatic rings. The van der Waals surface area contributed by atoms with Crippen molar-refractivity contribution in [3.05, 3.63) is 42.7 Å². The second-order valence-corrected chi connectivity index (χ2v) is 7.74. The van der Waals surface area contributed by atoms with Crippen molar-refractivity contribution in [2.75, 3.05) is 12.4 Å². The van der Waals surface area contributed by atoms with Gasteiger partial charge in [0.25, 0.3) is 0 Å². The Morgan fingerprint density at radius 3 is 2.62 bits per heavy atom. The van der Waals surface area contributed by atoms with Gasteiger partial charge in [-0.1, -0.05) is 6.92 Å². The van der Waals surface area contributed by atoms with Gasteiger partial charge in [-0.2, -0.15) is 0 Å². The maximum absolute atomic E-state index is 4.68. The molecule has 0 unspecified atom stereocenters. The Morgan fingerprint density at radius 2 is 1.83 bits per heavy atom. The Kier molecular flexibility index (Phi) is 4.63. The first-order chi connectivity index (χ1) is 14.2. The van der Waals surface area contributed by atoms with E-state index >= 15 is 0 Å². The number of hydrogen-bond acceptors (Lipinski definition) is 6. The number of rotatable bonds is 5. The van der Waals surface area contributed by atoms with Gasteiger partial charge in [-0.25, -0.2) is 19.5 Å². The van der Waals surface area contributed by atoms with Crippen LogP contribution in [0.3, 0.4) is 0 Å². The van der Waals surface area contributed by atoms with Gasteiger partial charge in [0.2, 0.25) is 11.7 Å². The number of nitrogens with one attached hydrogen (secondary N) is 2. The molecule has 0 amide bonds. The summed E-state index contributed by atoms with van der Waals surface area (Å²) in [7, 11) is 2.04. The Labute approximate surface area is 169 Å². The van der Waals surface area contributed by atoms with E-state index in [2.05, 4.69) is 54.3 Å². The van der Waals surface area contributed by atoms with Crippen molar-refractivity contribution < 1.29 is 0 Å². The smallest absolute Gasteiger partial charge is 0.241 e. The van der Waals surface area contributed by atoms with Crippen LogP contribution >= 0.6 is 0 Å². The van der Waals surface area contributed by atoms with Crippen LogP contribution in [0.4, 0.5) is 5.95 Å². The largest absolute Gasteiger partial charge is 0.350 e. The molecule has 0 saturated heterocycles. The molecule has 1 saturated carbocycles. The fraction of sp³-hybridized carbons (Fsp3) is 0.429. The molecule has 0 aliphatic heterocycles. The zero-order valence-electron chi connectivity index (χ0n) is 16.8. The van der Waals surface area contributed by atoms with Crippen LogP contribution in [0.15, 0.2) is 37.1 Å². The van der Waals surface area contributed by atoms with Crippen LogP contribution in [0.25, 0.3) is 22.4 Å². The van der Waals surface area contributed by atoms with E-state index in [0.29, 0.717) is 18.0 Å². The monoisotopic (exact) mass is 390 g/mol. The highest BCUT2D eigenvalue weighted by molar-refractivity contribution is 5.79. The predicted molar refractivity (Wildman–Crippen MR) is 113 cm³/mol. The molecule has 2 N–H and O–H groups in total. The lowest BCUT2D eigenvalue weighted by atomic mass is 9.91. The van der Waals surface area contributed by atoms with E-state index in [1.807, 2.05) is 36.4 Å². The Bertz CT molecular complexity index is 1140. The van der Waals surface area contributed by atoms with Gasteiger partial charge in [-0.15, -0.1) is 5.10 Å². The lowest BCUT2D eigenvalue weighted by molar-refractivity contribution is 0.370. The summed E-state index contributed by atoms with van der Waals surface area (Å²) in [5.74, 6) is 1.41. The van der Waals surface area contributed by atoms with Crippen LogP contribution in [-0.4, -0.2) is 48.1 Å². The molecule has 150 valence electrons. The third-order valence-corrected chi connectivity index (χ3v) is 6.00. The highest BCUT2D eigenvalue weighted by Gasteiger charge is 2.20. The Balaban J connectivity index is 1.41. The summed E-state index contributed by atoms with van der Waals surface area (Å²) in [5.41, 5.74) is 4.21. The average Bonchev–Trinajstić information content (AvgIpc) is 3.37. The minimum Gasteiger partial charge on any atom is -0.350 e. The van der Waals surface area contributed by atoms with E-state index in [1.165, 1.54) is 12.8 Å². The summed E-state index contributed by atoms with van der Waals surface area (Å²) in [4.78, 5) is 13.5. The highest BCUT2D eigenvalue weighted by Crippen LogP contribution is 2.26. The van der Waals surface area contributed by atoms with Crippen LogP contribution in [0.5, 0.6) is 0 Å². The fourth-order valence-electron chi connectivity index (χ4n) is 4.24. The molecule has 29 heavy (non-hydrogen) atoms. The molecule has 0 aromatic carbocycles. The van der Waals surface area contributed by atoms with Gasteiger partial charge < -0.3 is 10.6 Å². The van der Waals surface area contributed by atoms with Crippen LogP contribution < -0.4 is 10.6 Å². The van der Waals surface area contributed by atoms with Gasteiger partial charge >= 0.3 is 0 Å². The van der Waals surface area contributed by atoms with Gasteiger partial charge in [0.05, 0.1) is 17.9 Å². The van der Waals surface area contributed by atoms with Gasteiger partial charge in [0, 0.05) is 47.5 Å². The van der Waals surface area contributed by atoms with E-state index in [9.17, 15) is 0 Å². The Morgan fingerprint density at radius 1 is 1.03 bits per heavy atom. The molecule has 4 heterocycles. The SMILES string of the molecule is CCc1cnc2ncc(-c3ccn4nc(N[C@H]5CC[C@H](NC)CC5)ncc34)cn12. The van der Waals surface area contributed by atoms with Crippen molar-refractivity contribution in [3.8, 4) is 11.1 Å². The lowest BCUT2D eigenvalue weighted by Gasteiger charge is -2.28. The number of anilines is 1. The average molecular weight is 390 g/mol. The molecule has 0 spiro atoms. The van der Waals surface area contributed by atoms with Crippen molar-refractivity contribution in [1.29, 1.82) is 0 Å². The number of aromatic nitrogens is 6. The summed E-state index contributed by atoms with van der Waals surface area (Å²) in [5, 5.41) is 11.6. The lowest BCUT2D eigenvalue weighted by Crippen LogP contribution is -2.35. The van der Waals surface area contributed by atoms with Crippen molar-refractivity contribution in [1.82, 2.24) is 34.3 Å². The zero-order valence-corrected chi connectivity index (χ0v) is 16.8. The van der Waals surface area contributed by atoms with Gasteiger partial charge in [-0.3, -0.25) is 4.40 Å². The van der Waals surface area contributed by atoms with Gasteiger partial charge in [0.1, 0.15) is 0 Å². The summed E-state index contributed by atoms with van der Waals surface area (Å²) in [6.07, 6.45) is 15.3. The van der Waals surface area contributed by atoms with E-state index in [-0.39, 0.29) is 0 Å². The summed E-state index contributed by atoms with van der Waals surface area (Å²) >= 11 is 0. The molecular formula is C21H26N8. The molecular weight excluding hydrogens is 364 g/mol. The molecule has 8 heteroatoms. The van der Waals surface area contributed by atoms with Crippen LogP contribution in [-0.2, 0) is 6.42 Å². The van der Waals surface area contributed by atoms with Gasteiger partial charge in [-0.05, 0) is 45.2 Å². The number of hydrogen-bond donors (Lipinski definition) is 2. The third-order valence-electron chi connectivity index (χ3n) is 6.00. The first kappa shape index (κ1) is 18.1. The molecule has 1 aliphatic carbocycles. The zero-order chi connectivity index (χ0) is 19.8. The van der Waals surface area contributed by atoms with Crippen LogP contribution in [0, 0.1) is 0 Å². The van der Waals surface area contributed by atoms with Gasteiger partial charge in [0.15, 0.2) is 0 Å². The fourth-order valence-corrected chi connectivity index (χ4v) is 4.24. The maximum Gasteiger partial charge on any atom is 0.241 e. The maximum atomic E-state index is 4.68. The number of imidazole rings is 1.